The highest BCUT2D eigenvalue weighted by Crippen LogP contribution is 2.51. The van der Waals surface area contributed by atoms with Gasteiger partial charge in [-0.1, -0.05) is 37.9 Å². The monoisotopic (exact) mass is 508 g/mol. The number of carbonyl (C=O) groups excluding carboxylic acids is 1. The Balaban J connectivity index is 1.23. The van der Waals surface area contributed by atoms with Gasteiger partial charge >= 0.3 is 5.97 Å². The average Bonchev–Trinajstić information content (AvgIpc) is 3.28. The third kappa shape index (κ3) is 5.27. The number of amides is 1. The molecule has 1 amide bonds. The molecule has 3 saturated carbocycles. The zero-order valence-electron chi connectivity index (χ0n) is 21.2. The van der Waals surface area contributed by atoms with Gasteiger partial charge in [-0.25, -0.2) is 0 Å². The largest absolute Gasteiger partial charge is 0.481 e. The first kappa shape index (κ1) is 25.1. The number of carboxylic acids is 1. The summed E-state index contributed by atoms with van der Waals surface area (Å²) >= 11 is 6.75. The molecule has 0 heterocycles. The minimum absolute atomic E-state index is 0.184. The molecule has 3 aliphatic rings. The second kappa shape index (κ2) is 10.1. The Labute approximate surface area is 219 Å². The van der Waals surface area contributed by atoms with E-state index >= 15 is 0 Å². The van der Waals surface area contributed by atoms with E-state index in [4.69, 9.17) is 11.6 Å². The summed E-state index contributed by atoms with van der Waals surface area (Å²) < 4.78 is 0. The molecule has 0 radical (unpaired) electrons. The third-order valence-corrected chi connectivity index (χ3v) is 9.17. The van der Waals surface area contributed by atoms with Crippen LogP contribution in [-0.2, 0) is 10.2 Å². The highest BCUT2D eigenvalue weighted by molar-refractivity contribution is 6.33. The molecule has 2 aromatic carbocycles. The van der Waals surface area contributed by atoms with Gasteiger partial charge in [-0.3, -0.25) is 9.59 Å². The van der Waals surface area contributed by atoms with Crippen LogP contribution in [0.4, 0.5) is 11.4 Å². The van der Waals surface area contributed by atoms with E-state index in [-0.39, 0.29) is 17.4 Å². The molecule has 3 aliphatic carbocycles. The standard InChI is InChI=1S/C30H37ClN2O3/c1-18-12-19-14-20(13-18)17-30(2,16-19)22-8-11-27(25(31)15-22)32-23-9-6-21(7-10-23)28(34)33-26-5-3-4-24(26)29(35)36/h6-11,15,18-20,24,26,32H,3-5,12-14,16-17H2,1-2H3,(H,33,34)(H,35,36). The van der Waals surface area contributed by atoms with Gasteiger partial charge in [-0.15, -0.1) is 0 Å². The van der Waals surface area contributed by atoms with Crippen molar-refractivity contribution in [2.75, 3.05) is 5.32 Å². The summed E-state index contributed by atoms with van der Waals surface area (Å²) in [5, 5.41) is 16.3. The Hall–Kier alpha value is -2.53. The van der Waals surface area contributed by atoms with Crippen LogP contribution in [0.5, 0.6) is 0 Å². The van der Waals surface area contributed by atoms with Crippen LogP contribution >= 0.6 is 11.6 Å². The Bertz CT molecular complexity index is 1110. The maximum absolute atomic E-state index is 12.7. The van der Waals surface area contributed by atoms with Crippen molar-refractivity contribution in [1.29, 1.82) is 0 Å². The van der Waals surface area contributed by atoms with Gasteiger partial charge in [-0.05, 0) is 110 Å². The van der Waals surface area contributed by atoms with Crippen LogP contribution in [0.3, 0.4) is 0 Å². The van der Waals surface area contributed by atoms with E-state index in [0.29, 0.717) is 23.4 Å². The van der Waals surface area contributed by atoms with Crippen molar-refractivity contribution in [2.24, 2.45) is 23.7 Å². The normalized spacial score (nSPS) is 31.6. The molecule has 4 atom stereocenters. The molecule has 192 valence electrons. The molecule has 0 saturated heterocycles. The SMILES string of the molecule is CC1CC2CC(C1)CC(C)(c1ccc(Nc3ccc(C(=O)NC4CCCC4C(=O)O)cc3)c(Cl)c1)C2. The van der Waals surface area contributed by atoms with E-state index in [1.165, 1.54) is 37.7 Å². The van der Waals surface area contributed by atoms with Gasteiger partial charge in [-0.2, -0.15) is 0 Å². The molecule has 0 spiro atoms. The first-order valence-corrected chi connectivity index (χ1v) is 13.8. The first-order valence-electron chi connectivity index (χ1n) is 13.4. The quantitative estimate of drug-likeness (QED) is 0.386. The summed E-state index contributed by atoms with van der Waals surface area (Å²) in [4.78, 5) is 24.0. The van der Waals surface area contributed by atoms with Crippen molar-refractivity contribution in [3.05, 3.63) is 58.6 Å². The van der Waals surface area contributed by atoms with Crippen LogP contribution in [0, 0.1) is 23.7 Å². The molecule has 6 heteroatoms. The molecule has 2 aromatic rings. The smallest absolute Gasteiger partial charge is 0.308 e. The van der Waals surface area contributed by atoms with Crippen LogP contribution < -0.4 is 10.6 Å². The summed E-state index contributed by atoms with van der Waals surface area (Å²) in [6, 6.07) is 13.3. The lowest BCUT2D eigenvalue weighted by atomic mass is 9.57. The molecular formula is C30H37ClN2O3. The Kier molecular flexibility index (Phi) is 7.04. The summed E-state index contributed by atoms with van der Waals surface area (Å²) in [6.45, 7) is 4.82. The number of hydrogen-bond acceptors (Lipinski definition) is 3. The molecule has 4 unspecified atom stereocenters. The zero-order valence-corrected chi connectivity index (χ0v) is 22.0. The summed E-state index contributed by atoms with van der Waals surface area (Å²) in [6.07, 6.45) is 8.73. The topological polar surface area (TPSA) is 78.4 Å². The van der Waals surface area contributed by atoms with E-state index in [1.807, 2.05) is 12.1 Å². The van der Waals surface area contributed by atoms with E-state index in [2.05, 4.69) is 42.7 Å². The fourth-order valence-corrected chi connectivity index (χ4v) is 7.59. The molecular weight excluding hydrogens is 472 g/mol. The Morgan fingerprint density at radius 3 is 2.33 bits per heavy atom. The minimum atomic E-state index is -0.838. The van der Waals surface area contributed by atoms with Crippen molar-refractivity contribution < 1.29 is 14.7 Å². The van der Waals surface area contributed by atoms with Crippen molar-refractivity contribution in [3.63, 3.8) is 0 Å². The lowest BCUT2D eigenvalue weighted by molar-refractivity contribution is -0.142. The van der Waals surface area contributed by atoms with E-state index in [0.717, 1.165) is 35.5 Å². The van der Waals surface area contributed by atoms with Crippen LogP contribution in [-0.4, -0.2) is 23.0 Å². The van der Waals surface area contributed by atoms with Gasteiger partial charge in [0.2, 0.25) is 0 Å². The Morgan fingerprint density at radius 1 is 1.00 bits per heavy atom. The van der Waals surface area contributed by atoms with E-state index < -0.39 is 11.9 Å². The predicted octanol–water partition coefficient (Wildman–Crippen LogP) is 7.17. The number of anilines is 2. The number of halogens is 1. The first-order chi connectivity index (χ1) is 17.2. The lowest BCUT2D eigenvalue weighted by Gasteiger charge is -2.47. The number of fused-ring (bicyclic) bond motifs is 2. The molecule has 0 aromatic heterocycles. The number of hydrogen-bond donors (Lipinski definition) is 3. The van der Waals surface area contributed by atoms with Crippen molar-refractivity contribution in [1.82, 2.24) is 5.32 Å². The van der Waals surface area contributed by atoms with Gasteiger partial charge in [0.15, 0.2) is 0 Å². The molecule has 3 fully saturated rings. The number of nitrogens with one attached hydrogen (secondary N) is 2. The third-order valence-electron chi connectivity index (χ3n) is 8.86. The highest BCUT2D eigenvalue weighted by atomic mass is 35.5. The number of carbonyl (C=O) groups is 2. The number of carboxylic acid groups (broad SMARTS) is 1. The number of benzene rings is 2. The van der Waals surface area contributed by atoms with Crippen molar-refractivity contribution in [2.45, 2.75) is 76.7 Å². The molecule has 2 bridgehead atoms. The van der Waals surface area contributed by atoms with Crippen LogP contribution in [0.1, 0.15) is 81.1 Å². The van der Waals surface area contributed by atoms with Crippen LogP contribution in [0.2, 0.25) is 5.02 Å². The predicted molar refractivity (Wildman–Crippen MR) is 144 cm³/mol. The molecule has 3 N–H and O–H groups in total. The van der Waals surface area contributed by atoms with E-state index in [1.54, 1.807) is 12.1 Å². The van der Waals surface area contributed by atoms with Gasteiger partial charge in [0, 0.05) is 17.3 Å². The van der Waals surface area contributed by atoms with Crippen LogP contribution in [0.25, 0.3) is 0 Å². The van der Waals surface area contributed by atoms with Gasteiger partial charge < -0.3 is 15.7 Å². The average molecular weight is 509 g/mol. The summed E-state index contributed by atoms with van der Waals surface area (Å²) in [5.74, 6) is 0.938. The highest BCUT2D eigenvalue weighted by Gasteiger charge is 2.42. The van der Waals surface area contributed by atoms with Crippen molar-refractivity contribution in [3.8, 4) is 0 Å². The zero-order chi connectivity index (χ0) is 25.4. The van der Waals surface area contributed by atoms with Gasteiger partial charge in [0.1, 0.15) is 0 Å². The minimum Gasteiger partial charge on any atom is -0.481 e. The molecule has 0 aliphatic heterocycles. The molecule has 5 rings (SSSR count). The molecule has 5 nitrogen and oxygen atoms in total. The maximum atomic E-state index is 12.7. The fourth-order valence-electron chi connectivity index (χ4n) is 7.36. The second-order valence-corrected chi connectivity index (χ2v) is 12.3. The van der Waals surface area contributed by atoms with Crippen molar-refractivity contribution >= 4 is 34.9 Å². The maximum Gasteiger partial charge on any atom is 0.308 e. The number of rotatable bonds is 6. The molecule has 36 heavy (non-hydrogen) atoms. The van der Waals surface area contributed by atoms with E-state index in [9.17, 15) is 14.7 Å². The summed E-state index contributed by atoms with van der Waals surface area (Å²) in [7, 11) is 0. The van der Waals surface area contributed by atoms with Gasteiger partial charge in [0.25, 0.3) is 5.91 Å². The van der Waals surface area contributed by atoms with Gasteiger partial charge in [0.05, 0.1) is 16.6 Å². The second-order valence-electron chi connectivity index (χ2n) is 11.9. The fraction of sp³-hybridized carbons (Fsp3) is 0.533. The number of aliphatic carboxylic acids is 1. The van der Waals surface area contributed by atoms with Crippen LogP contribution in [0.15, 0.2) is 42.5 Å². The Morgan fingerprint density at radius 2 is 1.69 bits per heavy atom. The lowest BCUT2D eigenvalue weighted by Crippen LogP contribution is -2.40. The summed E-state index contributed by atoms with van der Waals surface area (Å²) in [5.41, 5.74) is 3.73.